The van der Waals surface area contributed by atoms with Crippen molar-refractivity contribution in [2.45, 2.75) is 38.5 Å². The average Bonchev–Trinajstić information content (AvgIpc) is 2.36. The zero-order chi connectivity index (χ0) is 12.1. The lowest BCUT2D eigenvalue weighted by Gasteiger charge is -2.19. The summed E-state index contributed by atoms with van der Waals surface area (Å²) in [4.78, 5) is 0. The summed E-state index contributed by atoms with van der Waals surface area (Å²) in [6, 6.07) is 8.15. The summed E-state index contributed by atoms with van der Waals surface area (Å²) in [5.74, 6) is 0.669. The molecular weight excluding hydrogens is 218 g/mol. The molecule has 2 N–H and O–H groups in total. The van der Waals surface area contributed by atoms with Gasteiger partial charge in [0.2, 0.25) is 0 Å². The predicted octanol–water partition coefficient (Wildman–Crippen LogP) is 2.41. The monoisotopic (exact) mass is 239 g/mol. The molecule has 2 nitrogen and oxygen atoms in total. The quantitative estimate of drug-likeness (QED) is 0.857. The van der Waals surface area contributed by atoms with Crippen LogP contribution in [0.4, 0.5) is 0 Å². The fourth-order valence-corrected chi connectivity index (χ4v) is 2.68. The third-order valence-electron chi connectivity index (χ3n) is 2.98. The Hall–Kier alpha value is -0.670. The van der Waals surface area contributed by atoms with E-state index < -0.39 is 10.8 Å². The molecule has 0 aliphatic rings. The van der Waals surface area contributed by atoms with E-state index in [0.717, 1.165) is 12.0 Å². The second kappa shape index (κ2) is 6.16. The summed E-state index contributed by atoms with van der Waals surface area (Å²) in [5.41, 5.74) is 8.49. The van der Waals surface area contributed by atoms with E-state index in [1.54, 1.807) is 0 Å². The normalized spacial score (nSPS) is 16.8. The molecule has 0 bridgehead atoms. The smallest absolute Gasteiger partial charge is 0.0512 e. The number of benzene rings is 1. The first-order valence-electron chi connectivity index (χ1n) is 5.81. The maximum absolute atomic E-state index is 11.7. The molecule has 0 saturated carbocycles. The van der Waals surface area contributed by atoms with Gasteiger partial charge in [0.25, 0.3) is 0 Å². The lowest BCUT2D eigenvalue weighted by molar-refractivity contribution is 0.644. The van der Waals surface area contributed by atoms with E-state index in [-0.39, 0.29) is 11.3 Å². The van der Waals surface area contributed by atoms with Crippen molar-refractivity contribution in [3.8, 4) is 0 Å². The predicted molar refractivity (Wildman–Crippen MR) is 70.9 cm³/mol. The summed E-state index contributed by atoms with van der Waals surface area (Å²) >= 11 is 0. The zero-order valence-electron chi connectivity index (χ0n) is 10.3. The lowest BCUT2D eigenvalue weighted by Crippen LogP contribution is -2.28. The average molecular weight is 239 g/mol. The first-order valence-corrected chi connectivity index (χ1v) is 7.19. The van der Waals surface area contributed by atoms with Crippen LogP contribution in [0.15, 0.2) is 24.3 Å². The molecule has 0 heterocycles. The third kappa shape index (κ3) is 3.16. The molecule has 3 unspecified atom stereocenters. The summed E-state index contributed by atoms with van der Waals surface area (Å²) in [7, 11) is -0.834. The molecule has 0 radical (unpaired) electrons. The van der Waals surface area contributed by atoms with Gasteiger partial charge in [0.05, 0.1) is 5.25 Å². The summed E-state index contributed by atoms with van der Waals surface area (Å²) < 4.78 is 11.7. The van der Waals surface area contributed by atoms with Crippen molar-refractivity contribution in [1.29, 1.82) is 0 Å². The topological polar surface area (TPSA) is 43.1 Å². The van der Waals surface area contributed by atoms with E-state index in [1.165, 1.54) is 5.56 Å². The Morgan fingerprint density at radius 2 is 1.81 bits per heavy atom. The van der Waals surface area contributed by atoms with Gasteiger partial charge in [0, 0.05) is 22.6 Å². The van der Waals surface area contributed by atoms with Gasteiger partial charge in [0.1, 0.15) is 0 Å². The second-order valence-corrected chi connectivity index (χ2v) is 6.08. The number of nitrogens with two attached hydrogens (primary N) is 1. The molecule has 3 atom stereocenters. The van der Waals surface area contributed by atoms with E-state index >= 15 is 0 Å². The van der Waals surface area contributed by atoms with Gasteiger partial charge in [0.15, 0.2) is 0 Å². The van der Waals surface area contributed by atoms with Gasteiger partial charge < -0.3 is 5.73 Å². The molecule has 0 spiro atoms. The Labute approximate surface area is 101 Å². The molecule has 1 rings (SSSR count). The first-order chi connectivity index (χ1) is 7.60. The maximum atomic E-state index is 11.7. The number of rotatable bonds is 5. The van der Waals surface area contributed by atoms with Crippen LogP contribution >= 0.6 is 0 Å². The van der Waals surface area contributed by atoms with Crippen LogP contribution in [0.1, 0.15) is 37.9 Å². The summed E-state index contributed by atoms with van der Waals surface area (Å²) in [5, 5.41) is 0.0116. The fraction of sp³-hybridized carbons (Fsp3) is 0.538. The highest BCUT2D eigenvalue weighted by Crippen LogP contribution is 2.19. The molecule has 0 amide bonds. The highest BCUT2D eigenvalue weighted by molar-refractivity contribution is 7.85. The highest BCUT2D eigenvalue weighted by Gasteiger charge is 2.19. The lowest BCUT2D eigenvalue weighted by atomic mass is 10.0. The largest absolute Gasteiger partial charge is 0.323 e. The molecule has 0 aliphatic heterocycles. The molecule has 1 aromatic carbocycles. The van der Waals surface area contributed by atoms with Crippen LogP contribution < -0.4 is 5.73 Å². The Balaban J connectivity index is 2.79. The second-order valence-electron chi connectivity index (χ2n) is 4.00. The Morgan fingerprint density at radius 1 is 1.25 bits per heavy atom. The van der Waals surface area contributed by atoms with Gasteiger partial charge in [-0.15, -0.1) is 0 Å². The fourth-order valence-electron chi connectivity index (χ4n) is 1.67. The zero-order valence-corrected chi connectivity index (χ0v) is 11.1. The van der Waals surface area contributed by atoms with E-state index in [0.29, 0.717) is 5.75 Å². The highest BCUT2D eigenvalue weighted by atomic mass is 32.2. The molecular formula is C13H21NOS. The molecule has 0 saturated heterocycles. The van der Waals surface area contributed by atoms with Gasteiger partial charge in [-0.3, -0.25) is 4.21 Å². The standard InChI is InChI=1S/C13H21NOS/c1-4-11-6-8-12(9-7-11)13(14)10(3)16(15)5-2/h6-10,13H,4-5,14H2,1-3H3. The van der Waals surface area contributed by atoms with Crippen molar-refractivity contribution in [3.05, 3.63) is 35.4 Å². The van der Waals surface area contributed by atoms with Gasteiger partial charge in [-0.2, -0.15) is 0 Å². The molecule has 16 heavy (non-hydrogen) atoms. The first kappa shape index (κ1) is 13.4. The van der Waals surface area contributed by atoms with Gasteiger partial charge >= 0.3 is 0 Å². The van der Waals surface area contributed by atoms with Gasteiger partial charge in [-0.25, -0.2) is 0 Å². The SMILES string of the molecule is CCc1ccc(C(N)C(C)S(=O)CC)cc1. The molecule has 1 aromatic rings. The van der Waals surface area contributed by atoms with E-state index in [2.05, 4.69) is 19.1 Å². The van der Waals surface area contributed by atoms with Crippen LogP contribution in [0, 0.1) is 0 Å². The van der Waals surface area contributed by atoms with Crippen molar-refractivity contribution in [2.75, 3.05) is 5.75 Å². The van der Waals surface area contributed by atoms with E-state index in [4.69, 9.17) is 5.73 Å². The Bertz CT molecular complexity index is 347. The number of hydrogen-bond donors (Lipinski definition) is 1. The third-order valence-corrected chi connectivity index (χ3v) is 4.67. The Kier molecular flexibility index (Phi) is 5.16. The van der Waals surface area contributed by atoms with E-state index in [1.807, 2.05) is 26.0 Å². The Morgan fingerprint density at radius 3 is 2.25 bits per heavy atom. The van der Waals surface area contributed by atoms with Crippen molar-refractivity contribution in [1.82, 2.24) is 0 Å². The van der Waals surface area contributed by atoms with Gasteiger partial charge in [-0.05, 0) is 24.5 Å². The molecule has 90 valence electrons. The summed E-state index contributed by atoms with van der Waals surface area (Å²) in [6.07, 6.45) is 1.03. The van der Waals surface area contributed by atoms with Crippen LogP contribution in [0.25, 0.3) is 0 Å². The van der Waals surface area contributed by atoms with Crippen molar-refractivity contribution in [3.63, 3.8) is 0 Å². The number of hydrogen-bond acceptors (Lipinski definition) is 2. The minimum absolute atomic E-state index is 0.0116. The van der Waals surface area contributed by atoms with Crippen LogP contribution in [0.3, 0.4) is 0 Å². The summed E-state index contributed by atoms with van der Waals surface area (Å²) in [6.45, 7) is 6.02. The molecule has 0 aliphatic carbocycles. The van der Waals surface area contributed by atoms with E-state index in [9.17, 15) is 4.21 Å². The maximum Gasteiger partial charge on any atom is 0.0512 e. The van der Waals surface area contributed by atoms with Crippen molar-refractivity contribution >= 4 is 10.8 Å². The van der Waals surface area contributed by atoms with Crippen LogP contribution in [0.5, 0.6) is 0 Å². The van der Waals surface area contributed by atoms with Crippen LogP contribution in [0.2, 0.25) is 0 Å². The number of aryl methyl sites for hydroxylation is 1. The minimum Gasteiger partial charge on any atom is -0.323 e. The molecule has 3 heteroatoms. The van der Waals surface area contributed by atoms with Crippen LogP contribution in [-0.4, -0.2) is 15.2 Å². The van der Waals surface area contributed by atoms with Gasteiger partial charge in [-0.1, -0.05) is 38.1 Å². The minimum atomic E-state index is -0.834. The molecule has 0 aromatic heterocycles. The molecule has 0 fully saturated rings. The van der Waals surface area contributed by atoms with Crippen molar-refractivity contribution in [2.24, 2.45) is 5.73 Å². The van der Waals surface area contributed by atoms with Crippen LogP contribution in [-0.2, 0) is 17.2 Å². The van der Waals surface area contributed by atoms with Crippen molar-refractivity contribution < 1.29 is 4.21 Å².